The van der Waals surface area contributed by atoms with Crippen molar-refractivity contribution < 1.29 is 13.2 Å². The smallest absolute Gasteiger partial charge is 0.242 e. The molecule has 1 heterocycles. The Kier molecular flexibility index (Phi) is 4.90. The van der Waals surface area contributed by atoms with Gasteiger partial charge >= 0.3 is 0 Å². The van der Waals surface area contributed by atoms with Gasteiger partial charge in [-0.05, 0) is 55.7 Å². The van der Waals surface area contributed by atoms with Gasteiger partial charge in [0.25, 0.3) is 0 Å². The first-order valence-corrected chi connectivity index (χ1v) is 11.8. The van der Waals surface area contributed by atoms with Crippen LogP contribution >= 0.6 is 15.9 Å². The molecule has 4 rings (SSSR count). The Bertz CT molecular complexity index is 835. The van der Waals surface area contributed by atoms with E-state index in [1.54, 1.807) is 11.0 Å². The first-order valence-electron chi connectivity index (χ1n) is 9.53. The minimum absolute atomic E-state index is 0.0302. The SMILES string of the molecule is C[C@@H]1CCCC[C@@H]1NS(=O)(=O)c1cc(Br)cc2c1N(C(=O)C1CC1)CC2. The molecule has 0 saturated heterocycles. The van der Waals surface area contributed by atoms with Crippen molar-refractivity contribution in [1.29, 1.82) is 0 Å². The van der Waals surface area contributed by atoms with Gasteiger partial charge in [0.1, 0.15) is 4.90 Å². The number of nitrogens with zero attached hydrogens (tertiary/aromatic N) is 1. The van der Waals surface area contributed by atoms with Gasteiger partial charge in [0.2, 0.25) is 15.9 Å². The molecule has 7 heteroatoms. The largest absolute Gasteiger partial charge is 0.310 e. The quantitative estimate of drug-likeness (QED) is 0.777. The third-order valence-corrected chi connectivity index (χ3v) is 7.85. The fourth-order valence-electron chi connectivity index (χ4n) is 4.20. The van der Waals surface area contributed by atoms with E-state index in [-0.39, 0.29) is 22.8 Å². The average Bonchev–Trinajstić information content (AvgIpc) is 3.35. The summed E-state index contributed by atoms with van der Waals surface area (Å²) in [6.07, 6.45) is 6.69. The maximum atomic E-state index is 13.2. The molecule has 26 heavy (non-hydrogen) atoms. The van der Waals surface area contributed by atoms with Gasteiger partial charge in [0.15, 0.2) is 0 Å². The van der Waals surface area contributed by atoms with Gasteiger partial charge in [-0.1, -0.05) is 35.7 Å². The molecule has 0 aromatic heterocycles. The van der Waals surface area contributed by atoms with Crippen LogP contribution in [0.4, 0.5) is 5.69 Å². The molecule has 3 aliphatic rings. The molecule has 1 aromatic rings. The third kappa shape index (κ3) is 3.45. The number of sulfonamides is 1. The number of anilines is 1. The van der Waals surface area contributed by atoms with Crippen molar-refractivity contribution in [3.05, 3.63) is 22.2 Å². The molecule has 0 spiro atoms. The molecule has 142 valence electrons. The minimum Gasteiger partial charge on any atom is -0.310 e. The van der Waals surface area contributed by atoms with Crippen molar-refractivity contribution in [3.8, 4) is 0 Å². The van der Waals surface area contributed by atoms with Crippen molar-refractivity contribution >= 4 is 37.5 Å². The fourth-order valence-corrected chi connectivity index (χ4v) is 6.51. The molecule has 1 aromatic carbocycles. The Balaban J connectivity index is 1.70. The zero-order valence-corrected chi connectivity index (χ0v) is 17.4. The summed E-state index contributed by atoms with van der Waals surface area (Å²) >= 11 is 3.45. The summed E-state index contributed by atoms with van der Waals surface area (Å²) in [6.45, 7) is 2.68. The van der Waals surface area contributed by atoms with Crippen LogP contribution in [0.25, 0.3) is 0 Å². The van der Waals surface area contributed by atoms with Gasteiger partial charge in [-0.2, -0.15) is 0 Å². The van der Waals surface area contributed by atoms with Crippen LogP contribution in [0.2, 0.25) is 0 Å². The first-order chi connectivity index (χ1) is 12.4. The highest BCUT2D eigenvalue weighted by molar-refractivity contribution is 9.10. The second kappa shape index (κ2) is 6.91. The lowest BCUT2D eigenvalue weighted by molar-refractivity contribution is -0.119. The van der Waals surface area contributed by atoms with E-state index in [1.807, 2.05) is 6.07 Å². The van der Waals surface area contributed by atoms with E-state index in [4.69, 9.17) is 0 Å². The Morgan fingerprint density at radius 1 is 1.19 bits per heavy atom. The van der Waals surface area contributed by atoms with Gasteiger partial charge in [-0.15, -0.1) is 0 Å². The van der Waals surface area contributed by atoms with Crippen molar-refractivity contribution in [1.82, 2.24) is 4.72 Å². The van der Waals surface area contributed by atoms with Crippen molar-refractivity contribution in [2.75, 3.05) is 11.4 Å². The number of nitrogens with one attached hydrogen (secondary N) is 1. The zero-order valence-electron chi connectivity index (χ0n) is 15.0. The highest BCUT2D eigenvalue weighted by atomic mass is 79.9. The molecular weight excluding hydrogens is 416 g/mol. The number of hydrogen-bond acceptors (Lipinski definition) is 3. The van der Waals surface area contributed by atoms with Gasteiger partial charge in [-0.25, -0.2) is 13.1 Å². The van der Waals surface area contributed by atoms with Crippen LogP contribution in [-0.2, 0) is 21.2 Å². The van der Waals surface area contributed by atoms with Gasteiger partial charge in [-0.3, -0.25) is 4.79 Å². The second-order valence-electron chi connectivity index (χ2n) is 7.92. The molecule has 2 aliphatic carbocycles. The summed E-state index contributed by atoms with van der Waals surface area (Å²) in [5.41, 5.74) is 1.53. The fraction of sp³-hybridized carbons (Fsp3) is 0.632. The maximum Gasteiger partial charge on any atom is 0.242 e. The van der Waals surface area contributed by atoms with E-state index < -0.39 is 10.0 Å². The van der Waals surface area contributed by atoms with Crippen LogP contribution in [0.1, 0.15) is 51.0 Å². The van der Waals surface area contributed by atoms with Crippen molar-refractivity contribution in [2.45, 2.75) is 62.8 Å². The Morgan fingerprint density at radius 2 is 1.92 bits per heavy atom. The van der Waals surface area contributed by atoms with E-state index >= 15 is 0 Å². The second-order valence-corrected chi connectivity index (χ2v) is 10.5. The Hall–Kier alpha value is -0.920. The van der Waals surface area contributed by atoms with Crippen molar-refractivity contribution in [3.63, 3.8) is 0 Å². The molecular formula is C19H25BrN2O3S. The zero-order chi connectivity index (χ0) is 18.5. The molecule has 0 bridgehead atoms. The molecule has 5 nitrogen and oxygen atoms in total. The number of carbonyl (C=O) groups excluding carboxylic acids is 1. The summed E-state index contributed by atoms with van der Waals surface area (Å²) in [6, 6.07) is 3.56. The van der Waals surface area contributed by atoms with Crippen LogP contribution in [0.3, 0.4) is 0 Å². The predicted molar refractivity (Wildman–Crippen MR) is 105 cm³/mol. The molecule has 0 radical (unpaired) electrons. The Labute approximate surface area is 163 Å². The number of rotatable bonds is 4. The summed E-state index contributed by atoms with van der Waals surface area (Å²) in [5, 5.41) is 0. The normalized spacial score (nSPS) is 26.0. The van der Waals surface area contributed by atoms with Crippen LogP contribution in [0.15, 0.2) is 21.5 Å². The number of fused-ring (bicyclic) bond motifs is 1. The van der Waals surface area contributed by atoms with Crippen molar-refractivity contribution in [2.24, 2.45) is 11.8 Å². The lowest BCUT2D eigenvalue weighted by Crippen LogP contribution is -2.41. The molecule has 2 fully saturated rings. The van der Waals surface area contributed by atoms with E-state index in [9.17, 15) is 13.2 Å². The van der Waals surface area contributed by atoms with E-state index in [0.29, 0.717) is 24.6 Å². The van der Waals surface area contributed by atoms with Gasteiger partial charge in [0, 0.05) is 23.0 Å². The summed E-state index contributed by atoms with van der Waals surface area (Å²) in [4.78, 5) is 14.6. The molecule has 2 atom stereocenters. The number of benzene rings is 1. The minimum atomic E-state index is -3.69. The highest BCUT2D eigenvalue weighted by Crippen LogP contribution is 2.41. The monoisotopic (exact) mass is 440 g/mol. The van der Waals surface area contributed by atoms with Crippen LogP contribution < -0.4 is 9.62 Å². The third-order valence-electron chi connectivity index (χ3n) is 5.89. The van der Waals surface area contributed by atoms with E-state index in [1.165, 1.54) is 0 Å². The lowest BCUT2D eigenvalue weighted by Gasteiger charge is -2.30. The van der Waals surface area contributed by atoms with Crippen LogP contribution in [-0.4, -0.2) is 26.9 Å². The first kappa shape index (κ1) is 18.4. The molecule has 1 amide bonds. The van der Waals surface area contributed by atoms with Gasteiger partial charge < -0.3 is 4.90 Å². The highest BCUT2D eigenvalue weighted by Gasteiger charge is 2.40. The molecule has 1 N–H and O–H groups in total. The summed E-state index contributed by atoms with van der Waals surface area (Å²) in [7, 11) is -3.69. The number of halogens is 1. The molecule has 0 unspecified atom stereocenters. The number of carbonyl (C=O) groups is 1. The van der Waals surface area contributed by atoms with E-state index in [2.05, 4.69) is 27.6 Å². The molecule has 2 saturated carbocycles. The maximum absolute atomic E-state index is 13.2. The van der Waals surface area contributed by atoms with E-state index in [0.717, 1.165) is 48.6 Å². The standard InChI is InChI=1S/C19H25BrN2O3S/c1-12-4-2-3-5-16(12)21-26(24,25)17-11-15(20)10-14-8-9-22(18(14)17)19(23)13-6-7-13/h10-13,16,21H,2-9H2,1H3/t12-,16+/m1/s1. The van der Waals surface area contributed by atoms with Gasteiger partial charge in [0.05, 0.1) is 5.69 Å². The predicted octanol–water partition coefficient (Wildman–Crippen LogP) is 3.61. The lowest BCUT2D eigenvalue weighted by atomic mass is 9.87. The summed E-state index contributed by atoms with van der Waals surface area (Å²) in [5.74, 6) is 0.489. The average molecular weight is 441 g/mol. The number of hydrogen-bond donors (Lipinski definition) is 1. The number of amides is 1. The Morgan fingerprint density at radius 3 is 2.62 bits per heavy atom. The summed E-state index contributed by atoms with van der Waals surface area (Å²) < 4.78 is 30.2. The van der Waals surface area contributed by atoms with Crippen LogP contribution in [0, 0.1) is 11.8 Å². The van der Waals surface area contributed by atoms with Crippen LogP contribution in [0.5, 0.6) is 0 Å². The molecule has 1 aliphatic heterocycles. The topological polar surface area (TPSA) is 66.5 Å².